The van der Waals surface area contributed by atoms with Gasteiger partial charge in [0.1, 0.15) is 18.4 Å². The van der Waals surface area contributed by atoms with Crippen molar-refractivity contribution in [3.8, 4) is 5.75 Å². The van der Waals surface area contributed by atoms with Gasteiger partial charge in [-0.2, -0.15) is 8.78 Å². The van der Waals surface area contributed by atoms with Crippen molar-refractivity contribution in [3.63, 3.8) is 0 Å². The van der Waals surface area contributed by atoms with Crippen LogP contribution in [0.4, 0.5) is 8.78 Å². The molecule has 0 fully saturated rings. The van der Waals surface area contributed by atoms with Gasteiger partial charge >= 0.3 is 12.6 Å². The standard InChI is InChI=1S/C21H23F2NO4/c1-13(2)18(24-19(25)15-10-8-14(3)9-11-15)20(26)27-12-16-6-4-5-7-17(16)28-21(22)23/h4-11,13,18,21H,12H2,1-3H3,(H,24,25)/t18-/m0/s1. The second-order valence-corrected chi connectivity index (χ2v) is 6.66. The van der Waals surface area contributed by atoms with E-state index in [-0.39, 0.29) is 18.3 Å². The number of carbonyl (C=O) groups excluding carboxylic acids is 2. The number of ether oxygens (including phenoxy) is 2. The van der Waals surface area contributed by atoms with Crippen molar-refractivity contribution in [2.45, 2.75) is 40.0 Å². The Balaban J connectivity index is 2.03. The first-order valence-electron chi connectivity index (χ1n) is 8.84. The lowest BCUT2D eigenvalue weighted by Crippen LogP contribution is -2.45. The van der Waals surface area contributed by atoms with E-state index in [0.29, 0.717) is 11.1 Å². The maximum atomic E-state index is 12.5. The van der Waals surface area contributed by atoms with Crippen LogP contribution >= 0.6 is 0 Å². The number of rotatable bonds is 8. The van der Waals surface area contributed by atoms with Crippen molar-refractivity contribution in [1.29, 1.82) is 0 Å². The Kier molecular flexibility index (Phi) is 7.49. The smallest absolute Gasteiger partial charge is 0.387 e. The van der Waals surface area contributed by atoms with Crippen molar-refractivity contribution >= 4 is 11.9 Å². The van der Waals surface area contributed by atoms with Gasteiger partial charge in [-0.25, -0.2) is 4.79 Å². The molecule has 0 aliphatic carbocycles. The van der Waals surface area contributed by atoms with E-state index in [9.17, 15) is 18.4 Å². The minimum atomic E-state index is -2.98. The number of carbonyl (C=O) groups is 2. The van der Waals surface area contributed by atoms with Crippen LogP contribution in [-0.4, -0.2) is 24.5 Å². The van der Waals surface area contributed by atoms with Gasteiger partial charge in [-0.3, -0.25) is 4.79 Å². The second kappa shape index (κ2) is 9.82. The normalized spacial score (nSPS) is 12.0. The molecule has 0 aromatic heterocycles. The fourth-order valence-corrected chi connectivity index (χ4v) is 2.50. The summed E-state index contributed by atoms with van der Waals surface area (Å²) in [5, 5.41) is 2.67. The zero-order valence-corrected chi connectivity index (χ0v) is 15.9. The van der Waals surface area contributed by atoms with Gasteiger partial charge in [-0.05, 0) is 31.0 Å². The molecule has 2 aromatic carbocycles. The molecule has 1 N–H and O–H groups in total. The molecule has 0 unspecified atom stereocenters. The Labute approximate surface area is 162 Å². The summed E-state index contributed by atoms with van der Waals surface area (Å²) in [6, 6.07) is 12.1. The molecule has 28 heavy (non-hydrogen) atoms. The molecule has 0 aliphatic heterocycles. The van der Waals surface area contributed by atoms with Gasteiger partial charge in [0.25, 0.3) is 5.91 Å². The number of amides is 1. The van der Waals surface area contributed by atoms with Crippen LogP contribution in [0, 0.1) is 12.8 Å². The monoisotopic (exact) mass is 391 g/mol. The number of esters is 1. The minimum Gasteiger partial charge on any atom is -0.459 e. The topological polar surface area (TPSA) is 64.6 Å². The van der Waals surface area contributed by atoms with Crippen LogP contribution in [0.3, 0.4) is 0 Å². The van der Waals surface area contributed by atoms with Gasteiger partial charge in [0.05, 0.1) is 0 Å². The Bertz CT molecular complexity index is 806. The highest BCUT2D eigenvalue weighted by Crippen LogP contribution is 2.21. The largest absolute Gasteiger partial charge is 0.459 e. The number of aryl methyl sites for hydroxylation is 1. The van der Waals surface area contributed by atoms with Gasteiger partial charge in [-0.1, -0.05) is 49.7 Å². The van der Waals surface area contributed by atoms with Crippen LogP contribution in [0.25, 0.3) is 0 Å². The SMILES string of the molecule is Cc1ccc(C(=O)N[C@H](C(=O)OCc2ccccc2OC(F)F)C(C)C)cc1. The zero-order valence-electron chi connectivity index (χ0n) is 15.9. The van der Waals surface area contributed by atoms with Crippen molar-refractivity contribution in [3.05, 3.63) is 65.2 Å². The molecule has 5 nitrogen and oxygen atoms in total. The predicted octanol–water partition coefficient (Wildman–Crippen LogP) is 4.09. The molecule has 0 spiro atoms. The quantitative estimate of drug-likeness (QED) is 0.689. The summed E-state index contributed by atoms with van der Waals surface area (Å²) < 4.78 is 34.6. The Morgan fingerprint density at radius 3 is 2.29 bits per heavy atom. The molecule has 0 bridgehead atoms. The molecule has 0 radical (unpaired) electrons. The van der Waals surface area contributed by atoms with Crippen LogP contribution < -0.4 is 10.1 Å². The second-order valence-electron chi connectivity index (χ2n) is 6.66. The molecule has 1 amide bonds. The van der Waals surface area contributed by atoms with Gasteiger partial charge in [-0.15, -0.1) is 0 Å². The Morgan fingerprint density at radius 2 is 1.68 bits per heavy atom. The number of para-hydroxylation sites is 1. The fraction of sp³-hybridized carbons (Fsp3) is 0.333. The van der Waals surface area contributed by atoms with Crippen molar-refractivity contribution in [2.75, 3.05) is 0 Å². The first-order valence-corrected chi connectivity index (χ1v) is 8.84. The molecule has 2 aromatic rings. The molecule has 1 atom stereocenters. The van der Waals surface area contributed by atoms with E-state index in [4.69, 9.17) is 4.74 Å². The Hall–Kier alpha value is -2.96. The minimum absolute atomic E-state index is 0.0601. The molecule has 0 saturated carbocycles. The number of benzene rings is 2. The zero-order chi connectivity index (χ0) is 20.7. The summed E-state index contributed by atoms with van der Waals surface area (Å²) in [5.41, 5.74) is 1.75. The van der Waals surface area contributed by atoms with Crippen LogP contribution in [0.5, 0.6) is 5.75 Å². The van der Waals surface area contributed by atoms with E-state index in [1.807, 2.05) is 6.92 Å². The lowest BCUT2D eigenvalue weighted by atomic mass is 10.0. The van der Waals surface area contributed by atoms with Crippen LogP contribution in [-0.2, 0) is 16.1 Å². The maximum absolute atomic E-state index is 12.5. The first kappa shape index (κ1) is 21.3. The molecule has 2 rings (SSSR count). The summed E-state index contributed by atoms with van der Waals surface area (Å²) in [6.07, 6.45) is 0. The van der Waals surface area contributed by atoms with E-state index in [1.54, 1.807) is 50.2 Å². The van der Waals surface area contributed by atoms with Crippen molar-refractivity contribution in [2.24, 2.45) is 5.92 Å². The summed E-state index contributed by atoms with van der Waals surface area (Å²) in [6.45, 7) is 2.23. The van der Waals surface area contributed by atoms with E-state index in [0.717, 1.165) is 5.56 Å². The predicted molar refractivity (Wildman–Crippen MR) is 100 cm³/mol. The summed E-state index contributed by atoms with van der Waals surface area (Å²) in [5.74, 6) is -1.33. The van der Waals surface area contributed by atoms with E-state index in [2.05, 4.69) is 10.1 Å². The van der Waals surface area contributed by atoms with Crippen LogP contribution in [0.1, 0.15) is 35.3 Å². The van der Waals surface area contributed by atoms with E-state index < -0.39 is 24.5 Å². The highest BCUT2D eigenvalue weighted by Gasteiger charge is 2.26. The third-order valence-electron chi connectivity index (χ3n) is 4.08. The fourth-order valence-electron chi connectivity index (χ4n) is 2.50. The summed E-state index contributed by atoms with van der Waals surface area (Å²) in [4.78, 5) is 24.9. The van der Waals surface area contributed by atoms with Gasteiger partial charge in [0.2, 0.25) is 0 Å². The molecular formula is C21H23F2NO4. The molecule has 0 heterocycles. The number of halogens is 2. The van der Waals surface area contributed by atoms with Crippen LogP contribution in [0.15, 0.2) is 48.5 Å². The van der Waals surface area contributed by atoms with Gasteiger partial charge in [0.15, 0.2) is 0 Å². The summed E-state index contributed by atoms with van der Waals surface area (Å²) in [7, 11) is 0. The lowest BCUT2D eigenvalue weighted by Gasteiger charge is -2.21. The average Bonchev–Trinajstić information content (AvgIpc) is 2.64. The highest BCUT2D eigenvalue weighted by molar-refractivity contribution is 5.96. The lowest BCUT2D eigenvalue weighted by molar-refractivity contribution is -0.148. The molecule has 0 aliphatic rings. The van der Waals surface area contributed by atoms with E-state index in [1.165, 1.54) is 12.1 Å². The first-order chi connectivity index (χ1) is 13.3. The Morgan fingerprint density at radius 1 is 1.04 bits per heavy atom. The molecule has 7 heteroatoms. The molecule has 0 saturated heterocycles. The van der Waals surface area contributed by atoms with Crippen molar-refractivity contribution in [1.82, 2.24) is 5.32 Å². The molecule has 150 valence electrons. The number of nitrogens with one attached hydrogen (secondary N) is 1. The highest BCUT2D eigenvalue weighted by atomic mass is 19.3. The van der Waals surface area contributed by atoms with Gasteiger partial charge < -0.3 is 14.8 Å². The third kappa shape index (κ3) is 6.04. The van der Waals surface area contributed by atoms with Gasteiger partial charge in [0, 0.05) is 11.1 Å². The average molecular weight is 391 g/mol. The maximum Gasteiger partial charge on any atom is 0.387 e. The number of alkyl halides is 2. The number of hydrogen-bond donors (Lipinski definition) is 1. The van der Waals surface area contributed by atoms with Crippen molar-refractivity contribution < 1.29 is 27.8 Å². The third-order valence-corrected chi connectivity index (χ3v) is 4.08. The molecular weight excluding hydrogens is 368 g/mol. The van der Waals surface area contributed by atoms with E-state index >= 15 is 0 Å². The number of hydrogen-bond acceptors (Lipinski definition) is 4. The van der Waals surface area contributed by atoms with Crippen LogP contribution in [0.2, 0.25) is 0 Å². The summed E-state index contributed by atoms with van der Waals surface area (Å²) >= 11 is 0.